The summed E-state index contributed by atoms with van der Waals surface area (Å²) in [4.78, 5) is 30.7. The number of ether oxygens (including phenoxy) is 1. The van der Waals surface area contributed by atoms with Crippen LogP contribution in [0.5, 0.6) is 0 Å². The number of hydrogen-bond donors (Lipinski definition) is 2. The normalized spacial score (nSPS) is 18.4. The Bertz CT molecular complexity index is 1120. The summed E-state index contributed by atoms with van der Waals surface area (Å²) >= 11 is 6.17. The molecule has 1 amide bonds. The third-order valence-electron chi connectivity index (χ3n) is 5.68. The number of anilines is 1. The number of nitrogens with one attached hydrogen (secondary N) is 1. The molecule has 2 heterocycles. The van der Waals surface area contributed by atoms with Crippen LogP contribution >= 0.6 is 11.6 Å². The van der Waals surface area contributed by atoms with Gasteiger partial charge in [0.2, 0.25) is 0 Å². The number of likely N-dealkylation sites (tertiary alicyclic amines) is 1. The highest BCUT2D eigenvalue weighted by molar-refractivity contribution is 6.33. The summed E-state index contributed by atoms with van der Waals surface area (Å²) in [5.41, 5.74) is -0.515. The number of rotatable bonds is 7. The molecule has 1 aromatic carbocycles. The minimum atomic E-state index is -4.55. The van der Waals surface area contributed by atoms with Crippen molar-refractivity contribution in [3.8, 4) is 11.4 Å². The maximum Gasteiger partial charge on any atom is 0.416 e. The monoisotopic (exact) mass is 502 g/mol. The average molecular weight is 503 g/mol. The van der Waals surface area contributed by atoms with E-state index in [0.29, 0.717) is 18.7 Å². The van der Waals surface area contributed by atoms with Gasteiger partial charge < -0.3 is 20.1 Å². The zero-order valence-electron chi connectivity index (χ0n) is 18.9. The molecule has 2 aromatic rings. The second kappa shape index (κ2) is 10.2. The van der Waals surface area contributed by atoms with Gasteiger partial charge in [0.1, 0.15) is 11.5 Å². The molecule has 1 aromatic heterocycles. The molecule has 2 atom stereocenters. The van der Waals surface area contributed by atoms with Crippen molar-refractivity contribution in [3.05, 3.63) is 44.8 Å². The molecular weight excluding hydrogens is 477 g/mol. The lowest BCUT2D eigenvalue weighted by Crippen LogP contribution is -2.38. The predicted octanol–water partition coefficient (Wildman–Crippen LogP) is 4.34. The van der Waals surface area contributed by atoms with Gasteiger partial charge in [0.05, 0.1) is 35.0 Å². The average Bonchev–Trinajstić information content (AvgIpc) is 3.17. The Hall–Kier alpha value is -2.79. The van der Waals surface area contributed by atoms with Crippen LogP contribution in [0.4, 0.5) is 23.7 Å². The second-order valence-electron chi connectivity index (χ2n) is 7.78. The number of hydrogen-bond acceptors (Lipinski definition) is 5. The first kappa shape index (κ1) is 25.8. The van der Waals surface area contributed by atoms with Crippen LogP contribution in [0.3, 0.4) is 0 Å². The fraction of sp³-hybridized carbons (Fsp3) is 0.500. The Balaban J connectivity index is 2.06. The molecule has 1 aliphatic heterocycles. The summed E-state index contributed by atoms with van der Waals surface area (Å²) in [7, 11) is 0. The molecule has 0 aliphatic carbocycles. The van der Waals surface area contributed by atoms with Crippen LogP contribution in [0.15, 0.2) is 23.0 Å². The molecule has 12 heteroatoms. The SMILES string of the molecule is CCO[C@H]1CN(C(=O)O)C[C@H]1Nc1c(CC)nc(-c2ccc(C(F)(F)F)cc2Cl)n(CC)c1=O. The summed E-state index contributed by atoms with van der Waals surface area (Å²) in [6, 6.07) is 2.45. The Morgan fingerprint density at radius 1 is 1.29 bits per heavy atom. The first-order chi connectivity index (χ1) is 16.0. The molecule has 186 valence electrons. The van der Waals surface area contributed by atoms with E-state index in [9.17, 15) is 27.9 Å². The molecule has 34 heavy (non-hydrogen) atoms. The van der Waals surface area contributed by atoms with Crippen LogP contribution in [0.25, 0.3) is 11.4 Å². The maximum atomic E-state index is 13.4. The maximum absolute atomic E-state index is 13.4. The number of carboxylic acid groups (broad SMARTS) is 1. The van der Waals surface area contributed by atoms with E-state index in [1.807, 2.05) is 0 Å². The number of carbonyl (C=O) groups is 1. The third kappa shape index (κ3) is 5.15. The molecule has 0 bridgehead atoms. The highest BCUT2D eigenvalue weighted by atomic mass is 35.5. The first-order valence-corrected chi connectivity index (χ1v) is 11.3. The van der Waals surface area contributed by atoms with Gasteiger partial charge in [-0.15, -0.1) is 0 Å². The fourth-order valence-corrected chi connectivity index (χ4v) is 4.27. The highest BCUT2D eigenvalue weighted by Crippen LogP contribution is 2.35. The minimum absolute atomic E-state index is 0.126. The molecule has 0 spiro atoms. The zero-order chi connectivity index (χ0) is 25.2. The smallest absolute Gasteiger partial charge is 0.416 e. The summed E-state index contributed by atoms with van der Waals surface area (Å²) < 4.78 is 46.2. The lowest BCUT2D eigenvalue weighted by molar-refractivity contribution is -0.137. The zero-order valence-corrected chi connectivity index (χ0v) is 19.7. The Morgan fingerprint density at radius 2 is 2.00 bits per heavy atom. The van der Waals surface area contributed by atoms with Crippen LogP contribution < -0.4 is 10.9 Å². The first-order valence-electron chi connectivity index (χ1n) is 10.9. The van der Waals surface area contributed by atoms with E-state index in [4.69, 9.17) is 16.3 Å². The lowest BCUT2D eigenvalue weighted by Gasteiger charge is -2.23. The van der Waals surface area contributed by atoms with Gasteiger partial charge in [-0.3, -0.25) is 9.36 Å². The molecule has 2 N–H and O–H groups in total. The Morgan fingerprint density at radius 3 is 2.53 bits per heavy atom. The van der Waals surface area contributed by atoms with E-state index in [-0.39, 0.29) is 41.7 Å². The van der Waals surface area contributed by atoms with Crippen molar-refractivity contribution >= 4 is 23.4 Å². The Labute approximate surface area is 199 Å². The largest absolute Gasteiger partial charge is 0.465 e. The number of benzene rings is 1. The number of halogens is 4. The van der Waals surface area contributed by atoms with Gasteiger partial charge in [-0.25, -0.2) is 9.78 Å². The van der Waals surface area contributed by atoms with Crippen LogP contribution in [-0.2, 0) is 23.9 Å². The van der Waals surface area contributed by atoms with E-state index < -0.39 is 35.5 Å². The topological polar surface area (TPSA) is 96.7 Å². The van der Waals surface area contributed by atoms with Crippen molar-refractivity contribution in [2.24, 2.45) is 0 Å². The molecule has 1 fully saturated rings. The molecular formula is C22H26ClF3N4O4. The second-order valence-corrected chi connectivity index (χ2v) is 8.19. The van der Waals surface area contributed by atoms with Gasteiger partial charge in [0.15, 0.2) is 0 Å². The summed E-state index contributed by atoms with van der Waals surface area (Å²) in [6.07, 6.45) is -5.74. The minimum Gasteiger partial charge on any atom is -0.465 e. The van der Waals surface area contributed by atoms with Gasteiger partial charge in [-0.1, -0.05) is 18.5 Å². The standard InChI is InChI=1S/C22H26ClF3N4O4/c1-4-15-18(27-16-10-29(21(32)33)11-17(16)34-6-3)20(31)30(5-2)19(28-15)13-8-7-12(9-14(13)23)22(24,25)26/h7-9,16-17,27H,4-6,10-11H2,1-3H3,(H,32,33)/t16-,17+/m1/s1. The van der Waals surface area contributed by atoms with Gasteiger partial charge in [-0.05, 0) is 38.5 Å². The third-order valence-corrected chi connectivity index (χ3v) is 5.99. The molecule has 1 saturated heterocycles. The molecule has 1 aliphatic rings. The number of amides is 1. The molecule has 0 saturated carbocycles. The predicted molar refractivity (Wildman–Crippen MR) is 121 cm³/mol. The Kier molecular flexibility index (Phi) is 7.77. The van der Waals surface area contributed by atoms with Crippen LogP contribution in [-0.4, -0.2) is 57.5 Å². The lowest BCUT2D eigenvalue weighted by atomic mass is 10.1. The van der Waals surface area contributed by atoms with Crippen molar-refractivity contribution in [1.29, 1.82) is 0 Å². The van der Waals surface area contributed by atoms with Crippen molar-refractivity contribution in [1.82, 2.24) is 14.5 Å². The van der Waals surface area contributed by atoms with Gasteiger partial charge in [0, 0.05) is 25.3 Å². The van der Waals surface area contributed by atoms with Gasteiger partial charge in [-0.2, -0.15) is 13.2 Å². The van der Waals surface area contributed by atoms with E-state index in [1.54, 1.807) is 20.8 Å². The van der Waals surface area contributed by atoms with E-state index >= 15 is 0 Å². The highest BCUT2D eigenvalue weighted by Gasteiger charge is 2.37. The van der Waals surface area contributed by atoms with E-state index in [0.717, 1.165) is 12.1 Å². The molecule has 8 nitrogen and oxygen atoms in total. The van der Waals surface area contributed by atoms with Crippen molar-refractivity contribution in [2.75, 3.05) is 25.0 Å². The van der Waals surface area contributed by atoms with Gasteiger partial charge in [0.25, 0.3) is 5.56 Å². The van der Waals surface area contributed by atoms with Crippen molar-refractivity contribution in [3.63, 3.8) is 0 Å². The molecule has 3 rings (SSSR count). The fourth-order valence-electron chi connectivity index (χ4n) is 4.01. The van der Waals surface area contributed by atoms with Gasteiger partial charge >= 0.3 is 12.3 Å². The number of aryl methyl sites for hydroxylation is 1. The van der Waals surface area contributed by atoms with Crippen LogP contribution in [0.1, 0.15) is 32.0 Å². The summed E-state index contributed by atoms with van der Waals surface area (Å²) in [5.74, 6) is 0.161. The molecule has 0 radical (unpaired) electrons. The number of nitrogens with zero attached hydrogens (tertiary/aromatic N) is 3. The number of aromatic nitrogens is 2. The number of alkyl halides is 3. The summed E-state index contributed by atoms with van der Waals surface area (Å²) in [5, 5.41) is 12.3. The van der Waals surface area contributed by atoms with Crippen LogP contribution in [0.2, 0.25) is 5.02 Å². The quantitative estimate of drug-likeness (QED) is 0.584. The van der Waals surface area contributed by atoms with Crippen LogP contribution in [0, 0.1) is 0 Å². The summed E-state index contributed by atoms with van der Waals surface area (Å²) in [6.45, 7) is 6.16. The van der Waals surface area contributed by atoms with E-state index in [1.165, 1.54) is 15.5 Å². The van der Waals surface area contributed by atoms with Crippen molar-refractivity contribution < 1.29 is 27.8 Å². The van der Waals surface area contributed by atoms with E-state index in [2.05, 4.69) is 10.3 Å². The van der Waals surface area contributed by atoms with Crippen molar-refractivity contribution in [2.45, 2.75) is 52.1 Å². The molecule has 0 unspecified atom stereocenters.